The molecule has 6 heteroatoms. The average molecular weight is 399 g/mol. The van der Waals surface area contributed by atoms with Crippen LogP contribution >= 0.6 is 0 Å². The van der Waals surface area contributed by atoms with Crippen molar-refractivity contribution in [3.05, 3.63) is 89.6 Å². The summed E-state index contributed by atoms with van der Waals surface area (Å²) in [5, 5.41) is 13.2. The van der Waals surface area contributed by atoms with E-state index < -0.39 is 0 Å². The zero-order valence-corrected chi connectivity index (χ0v) is 16.7. The van der Waals surface area contributed by atoms with E-state index in [-0.39, 0.29) is 22.8 Å². The van der Waals surface area contributed by atoms with Crippen LogP contribution < -0.4 is 10.9 Å². The standard InChI is InChI=1S/C24H21N3O3/c1-15(2)16-6-5-7-18(12-16)26-24-20(23(29)27-22-8-3-4-11-25-22)13-17-9-10-19(28)14-21(17)30-24/h3-15,28H,1-2H3,(H,25,27,29). The predicted octanol–water partition coefficient (Wildman–Crippen LogP) is 5.14. The van der Waals surface area contributed by atoms with Crippen LogP contribution in [0.25, 0.3) is 11.0 Å². The maximum atomic E-state index is 13.0. The summed E-state index contributed by atoms with van der Waals surface area (Å²) in [6.07, 6.45) is 1.60. The molecule has 4 aromatic rings. The van der Waals surface area contributed by atoms with Crippen LogP contribution in [0.15, 0.2) is 82.3 Å². The van der Waals surface area contributed by atoms with Crippen LogP contribution in [0.3, 0.4) is 0 Å². The van der Waals surface area contributed by atoms with Gasteiger partial charge in [0.1, 0.15) is 22.7 Å². The molecule has 6 nitrogen and oxygen atoms in total. The van der Waals surface area contributed by atoms with E-state index in [1.807, 2.05) is 24.3 Å². The van der Waals surface area contributed by atoms with Gasteiger partial charge in [0.15, 0.2) is 0 Å². The predicted molar refractivity (Wildman–Crippen MR) is 116 cm³/mol. The van der Waals surface area contributed by atoms with Crippen molar-refractivity contribution in [3.63, 3.8) is 0 Å². The first kappa shape index (κ1) is 19.4. The van der Waals surface area contributed by atoms with E-state index in [1.165, 1.54) is 6.07 Å². The number of carbonyl (C=O) groups is 1. The minimum Gasteiger partial charge on any atom is -0.508 e. The molecule has 150 valence electrons. The molecule has 0 radical (unpaired) electrons. The summed E-state index contributed by atoms with van der Waals surface area (Å²) in [4.78, 5) is 21.7. The lowest BCUT2D eigenvalue weighted by molar-refractivity contribution is 0.102. The highest BCUT2D eigenvalue weighted by Crippen LogP contribution is 2.22. The number of anilines is 1. The van der Waals surface area contributed by atoms with Gasteiger partial charge < -0.3 is 14.8 Å². The summed E-state index contributed by atoms with van der Waals surface area (Å²) >= 11 is 0. The molecule has 0 saturated carbocycles. The first-order valence-electron chi connectivity index (χ1n) is 9.63. The number of hydrogen-bond acceptors (Lipinski definition) is 5. The maximum Gasteiger partial charge on any atom is 0.262 e. The van der Waals surface area contributed by atoms with Crippen molar-refractivity contribution in [1.82, 2.24) is 4.98 Å². The molecule has 0 unspecified atom stereocenters. The first-order chi connectivity index (χ1) is 14.5. The van der Waals surface area contributed by atoms with Gasteiger partial charge in [-0.25, -0.2) is 9.98 Å². The van der Waals surface area contributed by atoms with Gasteiger partial charge in [-0.1, -0.05) is 32.0 Å². The van der Waals surface area contributed by atoms with Gasteiger partial charge in [0, 0.05) is 17.6 Å². The Morgan fingerprint density at radius 1 is 1.07 bits per heavy atom. The van der Waals surface area contributed by atoms with Crippen LogP contribution in [0.1, 0.15) is 35.7 Å². The maximum absolute atomic E-state index is 13.0. The number of carbonyl (C=O) groups excluding carboxylic acids is 1. The monoisotopic (exact) mass is 399 g/mol. The van der Waals surface area contributed by atoms with Gasteiger partial charge in [-0.3, -0.25) is 4.79 Å². The summed E-state index contributed by atoms with van der Waals surface area (Å²) < 4.78 is 5.93. The minimum absolute atomic E-state index is 0.0738. The molecule has 0 bridgehead atoms. The normalized spacial score (nSPS) is 11.8. The summed E-state index contributed by atoms with van der Waals surface area (Å²) in [6, 6.07) is 19.5. The van der Waals surface area contributed by atoms with E-state index >= 15 is 0 Å². The summed E-state index contributed by atoms with van der Waals surface area (Å²) in [6.45, 7) is 4.21. The number of benzene rings is 2. The number of hydrogen-bond donors (Lipinski definition) is 2. The van der Waals surface area contributed by atoms with E-state index in [0.717, 1.165) is 5.56 Å². The molecule has 0 aliphatic carbocycles. The highest BCUT2D eigenvalue weighted by molar-refractivity contribution is 6.05. The number of pyridine rings is 1. The van der Waals surface area contributed by atoms with Crippen molar-refractivity contribution in [2.45, 2.75) is 19.8 Å². The lowest BCUT2D eigenvalue weighted by atomic mass is 10.0. The Morgan fingerprint density at radius 2 is 1.93 bits per heavy atom. The molecule has 0 aliphatic heterocycles. The molecule has 2 aromatic carbocycles. The van der Waals surface area contributed by atoms with E-state index in [9.17, 15) is 9.90 Å². The number of phenolic OH excluding ortho intramolecular Hbond substituents is 1. The Morgan fingerprint density at radius 3 is 2.70 bits per heavy atom. The third-order valence-electron chi connectivity index (χ3n) is 4.65. The summed E-state index contributed by atoms with van der Waals surface area (Å²) in [5.41, 5.74) is 2.67. The molecular weight excluding hydrogens is 378 g/mol. The van der Waals surface area contributed by atoms with Gasteiger partial charge in [0.05, 0.1) is 5.69 Å². The van der Waals surface area contributed by atoms with Gasteiger partial charge in [-0.2, -0.15) is 0 Å². The molecule has 0 aliphatic rings. The first-order valence-corrected chi connectivity index (χ1v) is 9.63. The summed E-state index contributed by atoms with van der Waals surface area (Å²) in [7, 11) is 0. The molecule has 2 N–H and O–H groups in total. The smallest absolute Gasteiger partial charge is 0.262 e. The van der Waals surface area contributed by atoms with Gasteiger partial charge in [0.2, 0.25) is 5.55 Å². The Hall–Kier alpha value is -3.93. The second kappa shape index (κ2) is 8.21. The Labute approximate surface area is 173 Å². The molecular formula is C24H21N3O3. The van der Waals surface area contributed by atoms with Gasteiger partial charge in [0.25, 0.3) is 5.91 Å². The van der Waals surface area contributed by atoms with Crippen molar-refractivity contribution < 1.29 is 14.3 Å². The number of aromatic nitrogens is 1. The second-order valence-electron chi connectivity index (χ2n) is 7.22. The molecule has 1 amide bonds. The number of amides is 1. The van der Waals surface area contributed by atoms with Crippen LogP contribution in [0, 0.1) is 0 Å². The van der Waals surface area contributed by atoms with E-state index in [2.05, 4.69) is 29.1 Å². The number of rotatable bonds is 4. The number of phenols is 1. The van der Waals surface area contributed by atoms with Gasteiger partial charge >= 0.3 is 0 Å². The van der Waals surface area contributed by atoms with Gasteiger partial charge in [-0.05, 0) is 53.9 Å². The molecule has 0 fully saturated rings. The number of nitrogens with zero attached hydrogens (tertiary/aromatic N) is 2. The lowest BCUT2D eigenvalue weighted by Crippen LogP contribution is -2.22. The molecule has 0 atom stereocenters. The largest absolute Gasteiger partial charge is 0.508 e. The summed E-state index contributed by atoms with van der Waals surface area (Å²) in [5.74, 6) is 0.467. The third kappa shape index (κ3) is 4.22. The fourth-order valence-electron chi connectivity index (χ4n) is 3.04. The fourth-order valence-corrected chi connectivity index (χ4v) is 3.04. The lowest BCUT2D eigenvalue weighted by Gasteiger charge is -2.08. The van der Waals surface area contributed by atoms with E-state index in [1.54, 1.807) is 42.6 Å². The number of aromatic hydroxyl groups is 1. The van der Waals surface area contributed by atoms with Crippen LogP contribution in [0.5, 0.6) is 5.75 Å². The molecule has 0 spiro atoms. The van der Waals surface area contributed by atoms with Crippen LogP contribution in [-0.2, 0) is 0 Å². The topological polar surface area (TPSA) is 87.7 Å². The van der Waals surface area contributed by atoms with Gasteiger partial charge in [-0.15, -0.1) is 0 Å². The highest BCUT2D eigenvalue weighted by Gasteiger charge is 2.14. The van der Waals surface area contributed by atoms with E-state index in [0.29, 0.717) is 28.4 Å². The molecule has 4 rings (SSSR count). The van der Waals surface area contributed by atoms with Crippen molar-refractivity contribution in [2.24, 2.45) is 4.99 Å². The van der Waals surface area contributed by atoms with Crippen molar-refractivity contribution in [3.8, 4) is 5.75 Å². The van der Waals surface area contributed by atoms with Crippen molar-refractivity contribution in [2.75, 3.05) is 5.32 Å². The molecule has 2 heterocycles. The zero-order chi connectivity index (χ0) is 21.1. The van der Waals surface area contributed by atoms with E-state index in [4.69, 9.17) is 4.42 Å². The molecule has 2 aromatic heterocycles. The average Bonchev–Trinajstić information content (AvgIpc) is 2.74. The highest BCUT2D eigenvalue weighted by atomic mass is 16.3. The Kier molecular flexibility index (Phi) is 5.30. The molecule has 30 heavy (non-hydrogen) atoms. The zero-order valence-electron chi connectivity index (χ0n) is 16.7. The van der Waals surface area contributed by atoms with Crippen LogP contribution in [0.4, 0.5) is 11.5 Å². The fraction of sp³-hybridized carbons (Fsp3) is 0.125. The van der Waals surface area contributed by atoms with Crippen molar-refractivity contribution in [1.29, 1.82) is 0 Å². The third-order valence-corrected chi connectivity index (χ3v) is 4.65. The van der Waals surface area contributed by atoms with Crippen LogP contribution in [-0.4, -0.2) is 16.0 Å². The van der Waals surface area contributed by atoms with Crippen molar-refractivity contribution >= 4 is 28.4 Å². The Bertz CT molecular complexity index is 1280. The Balaban J connectivity index is 1.86. The number of fused-ring (bicyclic) bond motifs is 1. The molecule has 0 saturated heterocycles. The SMILES string of the molecule is CC(C)c1cccc(N=c2oc3cc(O)ccc3cc2C(=O)Nc2ccccn2)c1. The minimum atomic E-state index is -0.383. The van der Waals surface area contributed by atoms with Crippen LogP contribution in [0.2, 0.25) is 0 Å². The quantitative estimate of drug-likeness (QED) is 0.497. The number of nitrogens with one attached hydrogen (secondary N) is 1. The second-order valence-corrected chi connectivity index (χ2v) is 7.22.